The van der Waals surface area contributed by atoms with Crippen LogP contribution < -0.4 is 5.32 Å². The van der Waals surface area contributed by atoms with Crippen molar-refractivity contribution in [1.29, 1.82) is 0 Å². The molecule has 2 N–H and O–H groups in total. The van der Waals surface area contributed by atoms with E-state index in [0.717, 1.165) is 38.2 Å². The van der Waals surface area contributed by atoms with Crippen molar-refractivity contribution in [3.8, 4) is 0 Å². The lowest BCUT2D eigenvalue weighted by atomic mass is 9.97. The standard InChI is InChI=1S/C13H24ClN3O/c1-4-7-15-8-6-13(3,18)12-11(14)10-16-17(12)9-5-2/h10,15,18H,4-9H2,1-3H3. The zero-order valence-electron chi connectivity index (χ0n) is 11.5. The van der Waals surface area contributed by atoms with E-state index in [1.807, 2.05) is 4.68 Å². The fourth-order valence-corrected chi connectivity index (χ4v) is 2.38. The first kappa shape index (κ1) is 15.5. The summed E-state index contributed by atoms with van der Waals surface area (Å²) in [5.74, 6) is 0. The molecule has 0 aromatic carbocycles. The predicted molar refractivity (Wildman–Crippen MR) is 74.9 cm³/mol. The number of halogens is 1. The van der Waals surface area contributed by atoms with Crippen molar-refractivity contribution in [1.82, 2.24) is 15.1 Å². The van der Waals surface area contributed by atoms with E-state index in [2.05, 4.69) is 24.3 Å². The van der Waals surface area contributed by atoms with Crippen LogP contribution in [0.25, 0.3) is 0 Å². The summed E-state index contributed by atoms with van der Waals surface area (Å²) in [6, 6.07) is 0. The van der Waals surface area contributed by atoms with Crippen molar-refractivity contribution in [2.45, 2.75) is 52.2 Å². The highest BCUT2D eigenvalue weighted by atomic mass is 35.5. The molecule has 1 aromatic heterocycles. The molecular weight excluding hydrogens is 250 g/mol. The summed E-state index contributed by atoms with van der Waals surface area (Å²) in [7, 11) is 0. The number of rotatable bonds is 8. The minimum absolute atomic E-state index is 0.545. The molecule has 0 aliphatic carbocycles. The van der Waals surface area contributed by atoms with E-state index in [1.165, 1.54) is 0 Å². The van der Waals surface area contributed by atoms with Gasteiger partial charge in [-0.3, -0.25) is 4.68 Å². The monoisotopic (exact) mass is 273 g/mol. The van der Waals surface area contributed by atoms with Crippen molar-refractivity contribution in [3.05, 3.63) is 16.9 Å². The predicted octanol–water partition coefficient (Wildman–Crippen LogP) is 2.54. The van der Waals surface area contributed by atoms with Crippen LogP contribution in [0.15, 0.2) is 6.20 Å². The minimum atomic E-state index is -0.941. The number of aryl methyl sites for hydroxylation is 1. The Morgan fingerprint density at radius 3 is 2.72 bits per heavy atom. The summed E-state index contributed by atoms with van der Waals surface area (Å²) in [6.45, 7) is 8.53. The summed E-state index contributed by atoms with van der Waals surface area (Å²) in [4.78, 5) is 0. The summed E-state index contributed by atoms with van der Waals surface area (Å²) in [6.07, 6.45) is 4.30. The fraction of sp³-hybridized carbons (Fsp3) is 0.769. The van der Waals surface area contributed by atoms with Gasteiger partial charge in [0.1, 0.15) is 5.60 Å². The number of aliphatic hydroxyl groups is 1. The topological polar surface area (TPSA) is 50.1 Å². The maximum Gasteiger partial charge on any atom is 0.106 e. The molecule has 1 aromatic rings. The van der Waals surface area contributed by atoms with Crippen LogP contribution in [0.1, 0.15) is 45.7 Å². The second-order valence-corrected chi connectivity index (χ2v) is 5.25. The van der Waals surface area contributed by atoms with Gasteiger partial charge in [-0.25, -0.2) is 0 Å². The lowest BCUT2D eigenvalue weighted by Crippen LogP contribution is -2.31. The molecule has 104 valence electrons. The van der Waals surface area contributed by atoms with Crippen molar-refractivity contribution in [2.24, 2.45) is 0 Å². The summed E-state index contributed by atoms with van der Waals surface area (Å²) >= 11 is 6.14. The van der Waals surface area contributed by atoms with Gasteiger partial charge in [0.2, 0.25) is 0 Å². The van der Waals surface area contributed by atoms with Gasteiger partial charge in [-0.15, -0.1) is 0 Å². The third-order valence-electron chi connectivity index (χ3n) is 2.96. The van der Waals surface area contributed by atoms with Crippen LogP contribution in [0.2, 0.25) is 5.02 Å². The highest BCUT2D eigenvalue weighted by Crippen LogP contribution is 2.30. The van der Waals surface area contributed by atoms with Gasteiger partial charge in [0.15, 0.2) is 0 Å². The first-order valence-corrected chi connectivity index (χ1v) is 7.05. The van der Waals surface area contributed by atoms with Gasteiger partial charge in [0.05, 0.1) is 16.9 Å². The SMILES string of the molecule is CCCNCCC(C)(O)c1c(Cl)cnn1CCC. The van der Waals surface area contributed by atoms with Crippen LogP contribution in [0.5, 0.6) is 0 Å². The molecule has 0 amide bonds. The number of hydrogen-bond acceptors (Lipinski definition) is 3. The van der Waals surface area contributed by atoms with Gasteiger partial charge in [-0.1, -0.05) is 25.4 Å². The quantitative estimate of drug-likeness (QED) is 0.716. The molecule has 0 radical (unpaired) electrons. The van der Waals surface area contributed by atoms with E-state index in [9.17, 15) is 5.11 Å². The molecule has 4 nitrogen and oxygen atoms in total. The Morgan fingerprint density at radius 2 is 2.11 bits per heavy atom. The molecule has 0 saturated heterocycles. The number of aromatic nitrogens is 2. The molecule has 5 heteroatoms. The van der Waals surface area contributed by atoms with Crippen molar-refractivity contribution in [3.63, 3.8) is 0 Å². The molecule has 0 aliphatic heterocycles. The Kier molecular flexibility index (Phi) is 6.12. The Hall–Kier alpha value is -0.580. The average Bonchev–Trinajstić information content (AvgIpc) is 2.67. The molecule has 1 heterocycles. The smallest absolute Gasteiger partial charge is 0.106 e. The lowest BCUT2D eigenvalue weighted by Gasteiger charge is -2.25. The van der Waals surface area contributed by atoms with E-state index in [-0.39, 0.29) is 0 Å². The third kappa shape index (κ3) is 3.97. The van der Waals surface area contributed by atoms with Crippen LogP contribution in [0.3, 0.4) is 0 Å². The van der Waals surface area contributed by atoms with Crippen LogP contribution in [0, 0.1) is 0 Å². The summed E-state index contributed by atoms with van der Waals surface area (Å²) in [5, 5.41) is 18.6. The van der Waals surface area contributed by atoms with E-state index in [1.54, 1.807) is 13.1 Å². The Labute approximate surface area is 114 Å². The molecule has 0 saturated carbocycles. The zero-order valence-corrected chi connectivity index (χ0v) is 12.3. The van der Waals surface area contributed by atoms with Crippen molar-refractivity contribution < 1.29 is 5.11 Å². The highest BCUT2D eigenvalue weighted by Gasteiger charge is 2.29. The minimum Gasteiger partial charge on any atom is -0.384 e. The molecular formula is C13H24ClN3O. The maximum atomic E-state index is 10.6. The normalized spacial score (nSPS) is 14.7. The van der Waals surface area contributed by atoms with E-state index in [4.69, 9.17) is 11.6 Å². The van der Waals surface area contributed by atoms with Gasteiger partial charge in [0, 0.05) is 6.54 Å². The number of nitrogens with one attached hydrogen (secondary N) is 1. The second kappa shape index (κ2) is 7.12. The van der Waals surface area contributed by atoms with E-state index in [0.29, 0.717) is 11.4 Å². The molecule has 18 heavy (non-hydrogen) atoms. The third-order valence-corrected chi connectivity index (χ3v) is 3.23. The first-order valence-electron chi connectivity index (χ1n) is 6.67. The summed E-state index contributed by atoms with van der Waals surface area (Å²) < 4.78 is 1.81. The van der Waals surface area contributed by atoms with Gasteiger partial charge < -0.3 is 10.4 Å². The molecule has 0 fully saturated rings. The summed E-state index contributed by atoms with van der Waals surface area (Å²) in [5.41, 5.74) is -0.215. The fourth-order valence-electron chi connectivity index (χ4n) is 2.03. The molecule has 0 spiro atoms. The number of hydrogen-bond donors (Lipinski definition) is 2. The van der Waals surface area contributed by atoms with Gasteiger partial charge in [0.25, 0.3) is 0 Å². The second-order valence-electron chi connectivity index (χ2n) is 4.84. The first-order chi connectivity index (χ1) is 8.53. The Morgan fingerprint density at radius 1 is 1.39 bits per heavy atom. The molecule has 1 unspecified atom stereocenters. The van der Waals surface area contributed by atoms with Crippen LogP contribution in [-0.4, -0.2) is 28.0 Å². The van der Waals surface area contributed by atoms with Crippen LogP contribution in [-0.2, 0) is 12.1 Å². The molecule has 1 atom stereocenters. The van der Waals surface area contributed by atoms with E-state index < -0.39 is 5.60 Å². The van der Waals surface area contributed by atoms with E-state index >= 15 is 0 Å². The van der Waals surface area contributed by atoms with Gasteiger partial charge in [-0.2, -0.15) is 5.10 Å². The Bertz CT molecular complexity index is 363. The van der Waals surface area contributed by atoms with Gasteiger partial charge in [-0.05, 0) is 39.3 Å². The maximum absolute atomic E-state index is 10.6. The van der Waals surface area contributed by atoms with Crippen LogP contribution in [0.4, 0.5) is 0 Å². The largest absolute Gasteiger partial charge is 0.384 e. The Balaban J connectivity index is 2.73. The number of nitrogens with zero attached hydrogens (tertiary/aromatic N) is 2. The molecule has 0 bridgehead atoms. The average molecular weight is 274 g/mol. The molecule has 1 rings (SSSR count). The van der Waals surface area contributed by atoms with Crippen LogP contribution >= 0.6 is 11.6 Å². The highest BCUT2D eigenvalue weighted by molar-refractivity contribution is 6.31. The lowest BCUT2D eigenvalue weighted by molar-refractivity contribution is 0.0386. The zero-order chi connectivity index (χ0) is 13.6. The van der Waals surface area contributed by atoms with Gasteiger partial charge >= 0.3 is 0 Å². The molecule has 0 aliphatic rings. The van der Waals surface area contributed by atoms with Crippen molar-refractivity contribution >= 4 is 11.6 Å². The van der Waals surface area contributed by atoms with Crippen molar-refractivity contribution in [2.75, 3.05) is 13.1 Å².